The standard InChI is InChI=1S/C15H30N4/c1-7-15(8-2,19(9-3)10-4)13(16-5)14-17-11-12-18(14)6/h11-13,16H,7-10H2,1-6H3. The van der Waals surface area contributed by atoms with E-state index in [0.29, 0.717) is 0 Å². The molecule has 0 aliphatic heterocycles. The molecule has 0 fully saturated rings. The van der Waals surface area contributed by atoms with Gasteiger partial charge in [0.1, 0.15) is 5.82 Å². The Hall–Kier alpha value is -0.870. The Bertz CT molecular complexity index is 364. The Labute approximate surface area is 118 Å². The van der Waals surface area contributed by atoms with Gasteiger partial charge in [0.25, 0.3) is 0 Å². The lowest BCUT2D eigenvalue weighted by Gasteiger charge is -2.47. The second kappa shape index (κ2) is 7.06. The van der Waals surface area contributed by atoms with Crippen molar-refractivity contribution in [2.75, 3.05) is 20.1 Å². The second-order valence-corrected chi connectivity index (χ2v) is 5.10. The summed E-state index contributed by atoms with van der Waals surface area (Å²) >= 11 is 0. The van der Waals surface area contributed by atoms with Gasteiger partial charge in [-0.2, -0.15) is 0 Å². The van der Waals surface area contributed by atoms with E-state index in [1.54, 1.807) is 0 Å². The SMILES string of the molecule is CCN(CC)C(CC)(CC)C(NC)c1nccn1C. The molecule has 0 aromatic carbocycles. The van der Waals surface area contributed by atoms with Crippen LogP contribution in [0, 0.1) is 0 Å². The summed E-state index contributed by atoms with van der Waals surface area (Å²) in [5.74, 6) is 1.12. The maximum atomic E-state index is 4.57. The maximum absolute atomic E-state index is 4.57. The Balaban J connectivity index is 3.25. The van der Waals surface area contributed by atoms with Crippen molar-refractivity contribution >= 4 is 0 Å². The lowest BCUT2D eigenvalue weighted by molar-refractivity contribution is 0.0475. The minimum atomic E-state index is 0.122. The largest absolute Gasteiger partial charge is 0.337 e. The third kappa shape index (κ3) is 2.84. The average Bonchev–Trinajstić information content (AvgIpc) is 2.85. The maximum Gasteiger partial charge on any atom is 0.127 e. The lowest BCUT2D eigenvalue weighted by atomic mass is 9.81. The predicted octanol–water partition coefficient (Wildman–Crippen LogP) is 2.58. The van der Waals surface area contributed by atoms with E-state index in [1.807, 2.05) is 19.4 Å². The molecule has 1 N–H and O–H groups in total. The summed E-state index contributed by atoms with van der Waals surface area (Å²) in [7, 11) is 4.12. The van der Waals surface area contributed by atoms with Gasteiger partial charge in [-0.25, -0.2) is 4.98 Å². The molecule has 0 spiro atoms. The molecule has 0 aliphatic carbocycles. The van der Waals surface area contributed by atoms with Crippen molar-refractivity contribution in [3.8, 4) is 0 Å². The monoisotopic (exact) mass is 266 g/mol. The van der Waals surface area contributed by atoms with Crippen LogP contribution >= 0.6 is 0 Å². The number of aryl methyl sites for hydroxylation is 1. The summed E-state index contributed by atoms with van der Waals surface area (Å²) in [5.41, 5.74) is 0.122. The van der Waals surface area contributed by atoms with E-state index >= 15 is 0 Å². The summed E-state index contributed by atoms with van der Waals surface area (Å²) < 4.78 is 2.13. The Morgan fingerprint density at radius 1 is 1.26 bits per heavy atom. The summed E-state index contributed by atoms with van der Waals surface area (Å²) in [6, 6.07) is 0.252. The van der Waals surface area contributed by atoms with Crippen LogP contribution in [0.4, 0.5) is 0 Å². The number of rotatable bonds is 8. The van der Waals surface area contributed by atoms with Gasteiger partial charge in [-0.15, -0.1) is 0 Å². The molecular formula is C15H30N4. The normalized spacial score (nSPS) is 14.1. The first-order valence-corrected chi connectivity index (χ1v) is 7.50. The van der Waals surface area contributed by atoms with Crippen molar-refractivity contribution < 1.29 is 0 Å². The number of imidazole rings is 1. The fourth-order valence-corrected chi connectivity index (χ4v) is 3.43. The van der Waals surface area contributed by atoms with Gasteiger partial charge in [-0.05, 0) is 33.0 Å². The lowest BCUT2D eigenvalue weighted by Crippen LogP contribution is -2.56. The average molecular weight is 266 g/mol. The highest BCUT2D eigenvalue weighted by atomic mass is 15.2. The van der Waals surface area contributed by atoms with Crippen molar-refractivity contribution in [3.05, 3.63) is 18.2 Å². The molecule has 1 rings (SSSR count). The molecule has 1 aromatic heterocycles. The molecule has 1 aromatic rings. The van der Waals surface area contributed by atoms with Gasteiger partial charge >= 0.3 is 0 Å². The molecule has 0 radical (unpaired) electrons. The number of nitrogens with one attached hydrogen (secondary N) is 1. The minimum absolute atomic E-state index is 0.122. The molecule has 19 heavy (non-hydrogen) atoms. The minimum Gasteiger partial charge on any atom is -0.337 e. The fourth-order valence-electron chi connectivity index (χ4n) is 3.43. The van der Waals surface area contributed by atoms with Gasteiger partial charge in [-0.1, -0.05) is 27.7 Å². The van der Waals surface area contributed by atoms with Crippen LogP contribution in [0.3, 0.4) is 0 Å². The highest BCUT2D eigenvalue weighted by molar-refractivity contribution is 5.10. The zero-order valence-electron chi connectivity index (χ0n) is 13.4. The van der Waals surface area contributed by atoms with Gasteiger partial charge in [0.15, 0.2) is 0 Å². The van der Waals surface area contributed by atoms with E-state index < -0.39 is 0 Å². The molecule has 1 unspecified atom stereocenters. The Kier molecular flexibility index (Phi) is 6.01. The van der Waals surface area contributed by atoms with Crippen LogP contribution < -0.4 is 5.32 Å². The zero-order valence-corrected chi connectivity index (χ0v) is 13.4. The second-order valence-electron chi connectivity index (χ2n) is 5.10. The van der Waals surface area contributed by atoms with Crippen LogP contribution in [0.5, 0.6) is 0 Å². The van der Waals surface area contributed by atoms with Gasteiger partial charge in [0.05, 0.1) is 6.04 Å². The molecule has 1 heterocycles. The van der Waals surface area contributed by atoms with E-state index in [-0.39, 0.29) is 11.6 Å². The van der Waals surface area contributed by atoms with Gasteiger partial charge in [-0.3, -0.25) is 4.90 Å². The van der Waals surface area contributed by atoms with Crippen LogP contribution in [0.2, 0.25) is 0 Å². The van der Waals surface area contributed by atoms with Crippen molar-refractivity contribution in [3.63, 3.8) is 0 Å². The van der Waals surface area contributed by atoms with Crippen molar-refractivity contribution in [1.82, 2.24) is 19.8 Å². The molecule has 0 aliphatic rings. The highest BCUT2D eigenvalue weighted by Gasteiger charge is 2.41. The third-order valence-corrected chi connectivity index (χ3v) is 4.56. The van der Waals surface area contributed by atoms with Gasteiger partial charge < -0.3 is 9.88 Å². The molecule has 0 saturated carbocycles. The smallest absolute Gasteiger partial charge is 0.127 e. The quantitative estimate of drug-likeness (QED) is 0.785. The van der Waals surface area contributed by atoms with E-state index in [4.69, 9.17) is 0 Å². The van der Waals surface area contributed by atoms with Gasteiger partial charge in [0.2, 0.25) is 0 Å². The van der Waals surface area contributed by atoms with E-state index in [0.717, 1.165) is 31.8 Å². The van der Waals surface area contributed by atoms with E-state index in [1.165, 1.54) is 0 Å². The zero-order chi connectivity index (χ0) is 14.5. The number of likely N-dealkylation sites (N-methyl/N-ethyl adjacent to an activating group) is 2. The van der Waals surface area contributed by atoms with Crippen LogP contribution in [0.25, 0.3) is 0 Å². The molecule has 0 bridgehead atoms. The molecule has 0 amide bonds. The number of hydrogen-bond acceptors (Lipinski definition) is 3. The van der Waals surface area contributed by atoms with Crippen LogP contribution in [0.1, 0.15) is 52.4 Å². The number of nitrogens with zero attached hydrogens (tertiary/aromatic N) is 3. The highest BCUT2D eigenvalue weighted by Crippen LogP contribution is 2.36. The van der Waals surface area contributed by atoms with Crippen LogP contribution in [0.15, 0.2) is 12.4 Å². The molecule has 110 valence electrons. The third-order valence-electron chi connectivity index (χ3n) is 4.56. The molecule has 0 saturated heterocycles. The first-order chi connectivity index (χ1) is 9.11. The van der Waals surface area contributed by atoms with Crippen LogP contribution in [-0.4, -0.2) is 40.1 Å². The Morgan fingerprint density at radius 2 is 1.84 bits per heavy atom. The van der Waals surface area contributed by atoms with Crippen molar-refractivity contribution in [1.29, 1.82) is 0 Å². The summed E-state index contributed by atoms with van der Waals surface area (Å²) in [6.45, 7) is 11.2. The topological polar surface area (TPSA) is 33.1 Å². The molecule has 4 nitrogen and oxygen atoms in total. The van der Waals surface area contributed by atoms with E-state index in [2.05, 4.69) is 54.5 Å². The fraction of sp³-hybridized carbons (Fsp3) is 0.800. The molecular weight excluding hydrogens is 236 g/mol. The molecule has 1 atom stereocenters. The first-order valence-electron chi connectivity index (χ1n) is 7.50. The number of aromatic nitrogens is 2. The van der Waals surface area contributed by atoms with Crippen molar-refractivity contribution in [2.24, 2.45) is 7.05 Å². The Morgan fingerprint density at radius 3 is 2.16 bits per heavy atom. The first kappa shape index (κ1) is 16.2. The summed E-state index contributed by atoms with van der Waals surface area (Å²) in [4.78, 5) is 7.15. The number of hydrogen-bond donors (Lipinski definition) is 1. The molecule has 4 heteroatoms. The summed E-state index contributed by atoms with van der Waals surface area (Å²) in [5, 5.41) is 3.51. The van der Waals surface area contributed by atoms with Gasteiger partial charge in [0, 0.05) is 25.0 Å². The summed E-state index contributed by atoms with van der Waals surface area (Å²) in [6.07, 6.45) is 6.14. The van der Waals surface area contributed by atoms with E-state index in [9.17, 15) is 0 Å². The van der Waals surface area contributed by atoms with Crippen LogP contribution in [-0.2, 0) is 7.05 Å². The predicted molar refractivity (Wildman–Crippen MR) is 81.2 cm³/mol. The van der Waals surface area contributed by atoms with Crippen molar-refractivity contribution in [2.45, 2.75) is 52.1 Å².